The minimum Gasteiger partial charge on any atom is -0.505 e. The largest absolute Gasteiger partial charge is 0.505 e. The topological polar surface area (TPSA) is 85.3 Å². The average Bonchev–Trinajstić information content (AvgIpc) is 3.27. The highest BCUT2D eigenvalue weighted by atomic mass is 35.5. The highest BCUT2D eigenvalue weighted by Crippen LogP contribution is 2.36. The number of carbonyl (C=O) groups excluding carboxylic acids is 1. The van der Waals surface area contributed by atoms with E-state index in [0.717, 1.165) is 11.4 Å². The third-order valence-electron chi connectivity index (χ3n) is 6.12. The summed E-state index contributed by atoms with van der Waals surface area (Å²) in [5.41, 5.74) is 2.26. The lowest BCUT2D eigenvalue weighted by Crippen LogP contribution is -2.37. The molecule has 1 aliphatic heterocycles. The lowest BCUT2D eigenvalue weighted by molar-refractivity contribution is 0.0747. The smallest absolute Gasteiger partial charge is 0.280 e. The summed E-state index contributed by atoms with van der Waals surface area (Å²) in [6, 6.07) is 8.04. The van der Waals surface area contributed by atoms with Gasteiger partial charge in [-0.15, -0.1) is 5.10 Å². The van der Waals surface area contributed by atoms with Gasteiger partial charge in [-0.1, -0.05) is 17.7 Å². The van der Waals surface area contributed by atoms with Crippen LogP contribution in [0.3, 0.4) is 0 Å². The first-order chi connectivity index (χ1) is 15.7. The van der Waals surface area contributed by atoms with Crippen molar-refractivity contribution < 1.29 is 14.3 Å². The first kappa shape index (κ1) is 21.3. The Morgan fingerprint density at radius 1 is 1.12 bits per heavy atom. The lowest BCUT2D eigenvalue weighted by atomic mass is 10.2. The van der Waals surface area contributed by atoms with Crippen LogP contribution in [0.25, 0.3) is 16.7 Å². The SMILES string of the molecule is Cc1ccc(C)n1-c1nn(Cc2ccc(F)c(Cl)c2)c(=O)c2c(O)c3n(c12)CCN(C)C3=O. The van der Waals surface area contributed by atoms with Gasteiger partial charge in [0.05, 0.1) is 11.6 Å². The van der Waals surface area contributed by atoms with Gasteiger partial charge < -0.3 is 19.1 Å². The van der Waals surface area contributed by atoms with Gasteiger partial charge >= 0.3 is 0 Å². The van der Waals surface area contributed by atoms with Gasteiger partial charge in [0.25, 0.3) is 11.5 Å². The number of likely N-dealkylation sites (N-methyl/N-ethyl adjacent to an activating group) is 1. The van der Waals surface area contributed by atoms with Crippen molar-refractivity contribution in [3.05, 3.63) is 74.2 Å². The molecule has 8 nitrogen and oxygen atoms in total. The zero-order chi connectivity index (χ0) is 23.6. The molecule has 1 N–H and O–H groups in total. The van der Waals surface area contributed by atoms with Crippen LogP contribution < -0.4 is 5.56 Å². The Kier molecular flexibility index (Phi) is 4.82. The zero-order valence-electron chi connectivity index (χ0n) is 18.3. The van der Waals surface area contributed by atoms with Crippen LogP contribution in [0, 0.1) is 19.7 Å². The molecule has 0 saturated carbocycles. The van der Waals surface area contributed by atoms with Crippen LogP contribution in [-0.4, -0.2) is 48.4 Å². The number of amides is 1. The Morgan fingerprint density at radius 2 is 1.82 bits per heavy atom. The van der Waals surface area contributed by atoms with E-state index in [-0.39, 0.29) is 34.3 Å². The van der Waals surface area contributed by atoms with Gasteiger partial charge in [-0.3, -0.25) is 9.59 Å². The van der Waals surface area contributed by atoms with Gasteiger partial charge in [-0.2, -0.15) is 0 Å². The molecule has 5 rings (SSSR count). The van der Waals surface area contributed by atoms with Crippen molar-refractivity contribution in [3.8, 4) is 11.6 Å². The van der Waals surface area contributed by atoms with Crippen molar-refractivity contribution >= 4 is 28.4 Å². The summed E-state index contributed by atoms with van der Waals surface area (Å²) < 4.78 is 18.4. The monoisotopic (exact) mass is 469 g/mol. The maximum absolute atomic E-state index is 13.6. The van der Waals surface area contributed by atoms with Crippen LogP contribution in [0.4, 0.5) is 4.39 Å². The molecule has 4 heterocycles. The van der Waals surface area contributed by atoms with E-state index in [2.05, 4.69) is 5.10 Å². The van der Waals surface area contributed by atoms with Crippen molar-refractivity contribution in [2.45, 2.75) is 26.9 Å². The number of benzene rings is 1. The number of halogens is 2. The number of aromatic hydroxyl groups is 1. The first-order valence-corrected chi connectivity index (χ1v) is 10.8. The second-order valence-corrected chi connectivity index (χ2v) is 8.69. The molecule has 0 bridgehead atoms. The number of hydrogen-bond donors (Lipinski definition) is 1. The molecule has 0 unspecified atom stereocenters. The molecule has 0 aliphatic carbocycles. The van der Waals surface area contributed by atoms with E-state index >= 15 is 0 Å². The van der Waals surface area contributed by atoms with Crippen LogP contribution in [0.1, 0.15) is 27.4 Å². The van der Waals surface area contributed by atoms with Crippen LogP contribution in [0.15, 0.2) is 35.1 Å². The Bertz CT molecular complexity index is 1500. The number of fused-ring (bicyclic) bond motifs is 3. The van der Waals surface area contributed by atoms with Crippen molar-refractivity contribution in [2.24, 2.45) is 0 Å². The Morgan fingerprint density at radius 3 is 2.48 bits per heavy atom. The van der Waals surface area contributed by atoms with E-state index in [1.54, 1.807) is 11.6 Å². The second kappa shape index (κ2) is 7.48. The van der Waals surface area contributed by atoms with Crippen molar-refractivity contribution in [2.75, 3.05) is 13.6 Å². The van der Waals surface area contributed by atoms with E-state index < -0.39 is 11.4 Å². The zero-order valence-corrected chi connectivity index (χ0v) is 19.0. The average molecular weight is 470 g/mol. The third kappa shape index (κ3) is 3.14. The summed E-state index contributed by atoms with van der Waals surface area (Å²) in [6.07, 6.45) is 0. The molecule has 1 aliphatic rings. The van der Waals surface area contributed by atoms with Crippen LogP contribution in [0.2, 0.25) is 5.02 Å². The van der Waals surface area contributed by atoms with Crippen LogP contribution in [0.5, 0.6) is 5.75 Å². The number of hydrogen-bond acceptors (Lipinski definition) is 4. The van der Waals surface area contributed by atoms with Gasteiger partial charge in [-0.25, -0.2) is 9.07 Å². The maximum Gasteiger partial charge on any atom is 0.280 e. The Balaban J connectivity index is 1.85. The molecule has 0 saturated heterocycles. The minimum absolute atomic E-state index is 0.00887. The summed E-state index contributed by atoms with van der Waals surface area (Å²) in [7, 11) is 1.65. The molecule has 170 valence electrons. The van der Waals surface area contributed by atoms with Crippen molar-refractivity contribution in [1.29, 1.82) is 0 Å². The molecule has 0 spiro atoms. The fraction of sp³-hybridized carbons (Fsp3) is 0.261. The molecular formula is C23H21ClFN5O3. The molecule has 0 atom stereocenters. The quantitative estimate of drug-likeness (QED) is 0.499. The van der Waals surface area contributed by atoms with Crippen LogP contribution in [-0.2, 0) is 13.1 Å². The molecule has 0 fully saturated rings. The standard InChI is InChI=1S/C23H21ClFN5O3/c1-12-4-5-13(2)30(12)21-18-17(20(31)19-23(33)27(3)8-9-28(18)19)22(32)29(26-21)11-14-6-7-16(25)15(24)10-14/h4-7,10,31H,8-9,11H2,1-3H3. The van der Waals surface area contributed by atoms with Crippen molar-refractivity contribution in [3.63, 3.8) is 0 Å². The number of aromatic nitrogens is 4. The third-order valence-corrected chi connectivity index (χ3v) is 6.41. The first-order valence-electron chi connectivity index (χ1n) is 10.4. The number of rotatable bonds is 3. The highest BCUT2D eigenvalue weighted by molar-refractivity contribution is 6.30. The van der Waals surface area contributed by atoms with E-state index in [4.69, 9.17) is 11.6 Å². The molecule has 10 heteroatoms. The molecule has 1 amide bonds. The minimum atomic E-state index is -0.559. The Labute approximate surface area is 193 Å². The number of nitrogens with zero attached hydrogens (tertiary/aromatic N) is 5. The van der Waals surface area contributed by atoms with Crippen molar-refractivity contribution in [1.82, 2.24) is 23.8 Å². The summed E-state index contributed by atoms with van der Waals surface area (Å²) in [5, 5.41) is 15.7. The molecular weight excluding hydrogens is 449 g/mol. The molecule has 33 heavy (non-hydrogen) atoms. The van der Waals surface area contributed by atoms with Gasteiger partial charge in [0.1, 0.15) is 16.7 Å². The summed E-state index contributed by atoms with van der Waals surface area (Å²) in [4.78, 5) is 27.8. The molecule has 4 aromatic rings. The molecule has 0 radical (unpaired) electrons. The second-order valence-electron chi connectivity index (χ2n) is 8.29. The van der Waals surface area contributed by atoms with Crippen LogP contribution >= 0.6 is 11.6 Å². The summed E-state index contributed by atoms with van der Waals surface area (Å²) in [6.45, 7) is 4.69. The predicted molar refractivity (Wildman–Crippen MR) is 122 cm³/mol. The lowest BCUT2D eigenvalue weighted by Gasteiger charge is -2.25. The van der Waals surface area contributed by atoms with E-state index in [0.29, 0.717) is 30.0 Å². The van der Waals surface area contributed by atoms with Gasteiger partial charge in [0.15, 0.2) is 17.3 Å². The number of carbonyl (C=O) groups is 1. The van der Waals surface area contributed by atoms with Gasteiger partial charge in [0, 0.05) is 31.5 Å². The Hall–Kier alpha value is -3.59. The van der Waals surface area contributed by atoms with E-state index in [9.17, 15) is 19.1 Å². The summed E-state index contributed by atoms with van der Waals surface area (Å²) >= 11 is 5.92. The van der Waals surface area contributed by atoms with E-state index in [1.807, 2.05) is 30.5 Å². The van der Waals surface area contributed by atoms with Gasteiger partial charge in [0.2, 0.25) is 0 Å². The fourth-order valence-corrected chi connectivity index (χ4v) is 4.62. The fourth-order valence-electron chi connectivity index (χ4n) is 4.42. The maximum atomic E-state index is 13.6. The normalized spacial score (nSPS) is 13.7. The number of aryl methyl sites for hydroxylation is 2. The van der Waals surface area contributed by atoms with E-state index in [1.165, 1.54) is 27.8 Å². The molecule has 3 aromatic heterocycles. The molecule has 1 aromatic carbocycles. The summed E-state index contributed by atoms with van der Waals surface area (Å²) in [5.74, 6) is -0.853. The highest BCUT2D eigenvalue weighted by Gasteiger charge is 2.33. The van der Waals surface area contributed by atoms with Gasteiger partial charge in [-0.05, 0) is 43.7 Å². The predicted octanol–water partition coefficient (Wildman–Crippen LogP) is 3.24.